The summed E-state index contributed by atoms with van der Waals surface area (Å²) >= 11 is 0. The van der Waals surface area contributed by atoms with Crippen LogP contribution in [0.1, 0.15) is 32.9 Å². The minimum Gasteiger partial charge on any atom is -0.497 e. The highest BCUT2D eigenvalue weighted by molar-refractivity contribution is 6.08. The average Bonchev–Trinajstić information content (AvgIpc) is 3.50. The number of hydrogen-bond donors (Lipinski definition) is 0. The van der Waals surface area contributed by atoms with E-state index in [2.05, 4.69) is 15.5 Å². The van der Waals surface area contributed by atoms with E-state index in [9.17, 15) is 4.79 Å². The number of methoxy groups -OCH3 is 2. The van der Waals surface area contributed by atoms with Crippen molar-refractivity contribution in [2.75, 3.05) is 14.2 Å². The molecule has 5 rings (SSSR count). The molecule has 4 aromatic carbocycles. The molecule has 0 unspecified atom stereocenters. The van der Waals surface area contributed by atoms with Gasteiger partial charge in [0.2, 0.25) is 5.82 Å². The van der Waals surface area contributed by atoms with E-state index in [1.165, 1.54) is 13.2 Å². The Morgan fingerprint density at radius 2 is 1.33 bits per heavy atom. The average molecular weight is 563 g/mol. The van der Waals surface area contributed by atoms with Crippen LogP contribution in [0, 0.1) is 0 Å². The lowest BCUT2D eigenvalue weighted by Gasteiger charge is -2.12. The van der Waals surface area contributed by atoms with Crippen molar-refractivity contribution in [3.63, 3.8) is 0 Å². The van der Waals surface area contributed by atoms with Gasteiger partial charge in [0.1, 0.15) is 30.5 Å². The van der Waals surface area contributed by atoms with Crippen molar-refractivity contribution in [3.05, 3.63) is 137 Å². The van der Waals surface area contributed by atoms with Crippen LogP contribution in [0.25, 0.3) is 5.76 Å². The fourth-order valence-electron chi connectivity index (χ4n) is 4.17. The molecule has 0 fully saturated rings. The molecule has 212 valence electrons. The first kappa shape index (κ1) is 28.1. The summed E-state index contributed by atoms with van der Waals surface area (Å²) < 4.78 is 24.5. The molecule has 0 atom stereocenters. The zero-order chi connectivity index (χ0) is 29.1. The van der Waals surface area contributed by atoms with Crippen molar-refractivity contribution < 1.29 is 23.7 Å². The molecule has 1 heterocycles. The highest BCUT2D eigenvalue weighted by atomic mass is 16.5. The van der Waals surface area contributed by atoms with Gasteiger partial charge in [-0.15, -0.1) is 5.10 Å². The van der Waals surface area contributed by atoms with Crippen LogP contribution in [-0.2, 0) is 24.5 Å². The third-order valence-electron chi connectivity index (χ3n) is 6.39. The second kappa shape index (κ2) is 13.8. The Kier molecular flexibility index (Phi) is 9.21. The summed E-state index contributed by atoms with van der Waals surface area (Å²) in [5, 5.41) is 12.0. The van der Waals surface area contributed by atoms with Gasteiger partial charge in [-0.25, -0.2) is 4.68 Å². The highest BCUT2D eigenvalue weighted by Crippen LogP contribution is 2.26. The molecule has 1 aromatic heterocycles. The zero-order valence-corrected chi connectivity index (χ0v) is 23.3. The second-order valence-electron chi connectivity index (χ2n) is 9.33. The number of rotatable bonds is 13. The fourth-order valence-corrected chi connectivity index (χ4v) is 4.17. The molecule has 0 aliphatic rings. The Morgan fingerprint density at radius 3 is 1.88 bits per heavy atom. The van der Waals surface area contributed by atoms with Gasteiger partial charge in [-0.1, -0.05) is 72.8 Å². The van der Waals surface area contributed by atoms with Crippen LogP contribution in [0.2, 0.25) is 0 Å². The first-order valence-electron chi connectivity index (χ1n) is 13.3. The molecule has 5 aromatic rings. The summed E-state index contributed by atoms with van der Waals surface area (Å²) in [6.45, 7) is 1.06. The number of nitrogens with zero attached hydrogens (tertiary/aromatic N) is 4. The molecule has 9 nitrogen and oxygen atoms in total. The Bertz CT molecular complexity index is 1570. The maximum Gasteiger partial charge on any atom is 0.217 e. The summed E-state index contributed by atoms with van der Waals surface area (Å²) in [5.41, 5.74) is 3.33. The van der Waals surface area contributed by atoms with Crippen molar-refractivity contribution in [3.8, 4) is 17.2 Å². The predicted octanol–water partition coefficient (Wildman–Crippen LogP) is 5.76. The van der Waals surface area contributed by atoms with E-state index >= 15 is 0 Å². The second-order valence-corrected chi connectivity index (χ2v) is 9.33. The van der Waals surface area contributed by atoms with Gasteiger partial charge in [0.15, 0.2) is 11.5 Å². The van der Waals surface area contributed by atoms with Crippen LogP contribution >= 0.6 is 0 Å². The van der Waals surface area contributed by atoms with E-state index in [0.717, 1.165) is 22.4 Å². The lowest BCUT2D eigenvalue weighted by molar-refractivity contribution is 0.104. The van der Waals surface area contributed by atoms with Crippen molar-refractivity contribution in [1.82, 2.24) is 20.2 Å². The third-order valence-corrected chi connectivity index (χ3v) is 6.39. The largest absolute Gasteiger partial charge is 0.497 e. The number of aromatic nitrogens is 4. The SMILES string of the molecule is CO/C(=C\C(=O)c1cc(OCc2ccccc2)cc(OCc2ccccc2)c1)c1nnnn1Cc1ccc(OC)cc1. The fraction of sp³-hybridized carbons (Fsp3) is 0.152. The summed E-state index contributed by atoms with van der Waals surface area (Å²) in [6, 6.07) is 32.3. The molecular formula is C33H30N4O5. The van der Waals surface area contributed by atoms with Crippen LogP contribution in [-0.4, -0.2) is 40.2 Å². The topological polar surface area (TPSA) is 97.6 Å². The summed E-state index contributed by atoms with van der Waals surface area (Å²) in [5.74, 6) is 1.98. The molecule has 0 aliphatic heterocycles. The summed E-state index contributed by atoms with van der Waals surface area (Å²) in [7, 11) is 3.09. The molecular weight excluding hydrogens is 532 g/mol. The van der Waals surface area contributed by atoms with Crippen LogP contribution in [0.3, 0.4) is 0 Å². The van der Waals surface area contributed by atoms with Crippen molar-refractivity contribution >= 4 is 11.5 Å². The lowest BCUT2D eigenvalue weighted by Crippen LogP contribution is -2.09. The predicted molar refractivity (Wildman–Crippen MR) is 157 cm³/mol. The van der Waals surface area contributed by atoms with Gasteiger partial charge in [0.25, 0.3) is 0 Å². The first-order valence-corrected chi connectivity index (χ1v) is 13.3. The standard InChI is InChI=1S/C33H30N4O5/c1-39-28-15-13-24(14-16-28)21-37-33(34-35-36-37)32(40-2)20-31(38)27-17-29(41-22-25-9-5-3-6-10-25)19-30(18-27)42-23-26-11-7-4-8-12-26/h3-20H,21-23H2,1-2H3/b32-20-. The molecule has 0 aliphatic carbocycles. The quantitative estimate of drug-likeness (QED) is 0.102. The van der Waals surface area contributed by atoms with Crippen molar-refractivity contribution in [2.24, 2.45) is 0 Å². The first-order chi connectivity index (χ1) is 20.6. The minimum absolute atomic E-state index is 0.223. The zero-order valence-electron chi connectivity index (χ0n) is 23.3. The number of allylic oxidation sites excluding steroid dienone is 1. The minimum atomic E-state index is -0.319. The maximum absolute atomic E-state index is 13.5. The van der Waals surface area contributed by atoms with Crippen LogP contribution < -0.4 is 14.2 Å². The maximum atomic E-state index is 13.5. The molecule has 0 radical (unpaired) electrons. The highest BCUT2D eigenvalue weighted by Gasteiger charge is 2.17. The molecule has 0 bridgehead atoms. The Labute approximate surface area is 243 Å². The van der Waals surface area contributed by atoms with E-state index in [4.69, 9.17) is 18.9 Å². The van der Waals surface area contributed by atoms with E-state index in [-0.39, 0.29) is 11.5 Å². The van der Waals surface area contributed by atoms with Gasteiger partial charge in [0, 0.05) is 17.7 Å². The van der Waals surface area contributed by atoms with Crippen LogP contribution in [0.15, 0.2) is 109 Å². The van der Waals surface area contributed by atoms with Crippen molar-refractivity contribution in [1.29, 1.82) is 0 Å². The summed E-state index contributed by atoms with van der Waals surface area (Å²) in [6.07, 6.45) is 1.37. The summed E-state index contributed by atoms with van der Waals surface area (Å²) in [4.78, 5) is 13.5. The van der Waals surface area contributed by atoms with Gasteiger partial charge < -0.3 is 18.9 Å². The molecule has 0 saturated carbocycles. The molecule has 0 N–H and O–H groups in total. The van der Waals surface area contributed by atoms with Crippen molar-refractivity contribution in [2.45, 2.75) is 19.8 Å². The van der Waals surface area contributed by atoms with Crippen LogP contribution in [0.4, 0.5) is 0 Å². The van der Waals surface area contributed by atoms with Gasteiger partial charge >= 0.3 is 0 Å². The number of ketones is 1. The van der Waals surface area contributed by atoms with Gasteiger partial charge in [-0.2, -0.15) is 0 Å². The van der Waals surface area contributed by atoms with Crippen LogP contribution in [0.5, 0.6) is 17.2 Å². The number of ether oxygens (including phenoxy) is 4. The Hall–Kier alpha value is -5.44. The molecule has 42 heavy (non-hydrogen) atoms. The Morgan fingerprint density at radius 1 is 0.738 bits per heavy atom. The normalized spacial score (nSPS) is 11.1. The molecule has 0 spiro atoms. The van der Waals surface area contributed by atoms with Gasteiger partial charge in [-0.3, -0.25) is 4.79 Å². The van der Waals surface area contributed by atoms with E-state index in [1.807, 2.05) is 84.9 Å². The Balaban J connectivity index is 1.39. The number of hydrogen-bond acceptors (Lipinski definition) is 8. The number of carbonyl (C=O) groups excluding carboxylic acids is 1. The lowest BCUT2D eigenvalue weighted by atomic mass is 10.1. The van der Waals surface area contributed by atoms with E-state index in [1.54, 1.807) is 30.0 Å². The van der Waals surface area contributed by atoms with Gasteiger partial charge in [0.05, 0.1) is 20.8 Å². The number of tetrazole rings is 1. The molecule has 9 heteroatoms. The number of carbonyl (C=O) groups is 1. The molecule has 0 amide bonds. The third kappa shape index (κ3) is 7.39. The molecule has 0 saturated heterocycles. The number of benzene rings is 4. The van der Waals surface area contributed by atoms with E-state index in [0.29, 0.717) is 42.6 Å². The van der Waals surface area contributed by atoms with E-state index < -0.39 is 0 Å². The monoisotopic (exact) mass is 562 g/mol. The van der Waals surface area contributed by atoms with Gasteiger partial charge in [-0.05, 0) is 51.4 Å². The smallest absolute Gasteiger partial charge is 0.217 e.